The molecule has 0 saturated heterocycles. The third-order valence-corrected chi connectivity index (χ3v) is 6.31. The molecular weight excluding hydrogens is 400 g/mol. The number of methoxy groups -OCH3 is 2. The lowest BCUT2D eigenvalue weighted by molar-refractivity contribution is 0.0601. The molecule has 0 heterocycles. The lowest BCUT2D eigenvalue weighted by Crippen LogP contribution is -2.15. The first-order valence-corrected chi connectivity index (χ1v) is 11.1. The molecule has 3 aromatic carbocycles. The molecule has 0 spiro atoms. The maximum absolute atomic E-state index is 13.3. The van der Waals surface area contributed by atoms with E-state index in [9.17, 15) is 9.59 Å². The highest BCUT2D eigenvalue weighted by Crippen LogP contribution is 2.41. The Morgan fingerprint density at radius 1 is 0.781 bits per heavy atom. The smallest absolute Gasteiger partial charge is 0.339 e. The average Bonchev–Trinajstić information content (AvgIpc) is 3.36. The van der Waals surface area contributed by atoms with Crippen LogP contribution in [0, 0.1) is 5.92 Å². The number of carbonyl (C=O) groups is 2. The van der Waals surface area contributed by atoms with Gasteiger partial charge in [-0.15, -0.1) is 0 Å². The Morgan fingerprint density at radius 2 is 1.31 bits per heavy atom. The highest BCUT2D eigenvalue weighted by atomic mass is 16.5. The summed E-state index contributed by atoms with van der Waals surface area (Å²) in [5, 5.41) is 0. The first-order chi connectivity index (χ1) is 15.6. The molecule has 0 amide bonds. The van der Waals surface area contributed by atoms with Gasteiger partial charge in [0.25, 0.3) is 0 Å². The number of hydrogen-bond acceptors (Lipinski definition) is 4. The summed E-state index contributed by atoms with van der Waals surface area (Å²) >= 11 is 0. The van der Waals surface area contributed by atoms with Crippen molar-refractivity contribution in [3.8, 4) is 22.3 Å². The SMILES string of the molecule is COC(=O)c1cc(CC2CCCC2)c(-c2ccccc2)c(C(=O)OC)c1-c1ccccc1. The van der Waals surface area contributed by atoms with Gasteiger partial charge in [0.2, 0.25) is 0 Å². The molecule has 32 heavy (non-hydrogen) atoms. The van der Waals surface area contributed by atoms with Crippen LogP contribution in [-0.4, -0.2) is 26.2 Å². The van der Waals surface area contributed by atoms with Crippen LogP contribution in [0.3, 0.4) is 0 Å². The minimum absolute atomic E-state index is 0.395. The second-order valence-corrected chi connectivity index (χ2v) is 8.28. The lowest BCUT2D eigenvalue weighted by Gasteiger charge is -2.22. The highest BCUT2D eigenvalue weighted by Gasteiger charge is 2.29. The van der Waals surface area contributed by atoms with Crippen LogP contribution in [0.15, 0.2) is 66.7 Å². The van der Waals surface area contributed by atoms with E-state index in [2.05, 4.69) is 0 Å². The van der Waals surface area contributed by atoms with E-state index in [4.69, 9.17) is 9.47 Å². The van der Waals surface area contributed by atoms with Crippen molar-refractivity contribution in [2.45, 2.75) is 32.1 Å². The van der Waals surface area contributed by atoms with Gasteiger partial charge >= 0.3 is 11.9 Å². The van der Waals surface area contributed by atoms with Gasteiger partial charge < -0.3 is 9.47 Å². The van der Waals surface area contributed by atoms with Crippen molar-refractivity contribution >= 4 is 11.9 Å². The van der Waals surface area contributed by atoms with Gasteiger partial charge in [0.1, 0.15) is 0 Å². The van der Waals surface area contributed by atoms with E-state index in [1.165, 1.54) is 27.1 Å². The number of carbonyl (C=O) groups excluding carboxylic acids is 2. The molecule has 0 aromatic heterocycles. The molecule has 0 unspecified atom stereocenters. The summed E-state index contributed by atoms with van der Waals surface area (Å²) in [4.78, 5) is 26.2. The standard InChI is InChI=1S/C28H28O4/c1-31-27(29)23-18-22(17-19-11-9-10-12-19)24(20-13-5-3-6-14-20)26(28(30)32-2)25(23)21-15-7-4-8-16-21/h3-8,13-16,18-19H,9-12,17H2,1-2H3. The molecule has 1 aliphatic carbocycles. The summed E-state index contributed by atoms with van der Waals surface area (Å²) in [7, 11) is 2.75. The Bertz CT molecular complexity index is 1100. The average molecular weight is 429 g/mol. The van der Waals surface area contributed by atoms with Crippen LogP contribution >= 0.6 is 0 Å². The Hall–Kier alpha value is -3.40. The monoisotopic (exact) mass is 428 g/mol. The number of ether oxygens (including phenoxy) is 2. The van der Waals surface area contributed by atoms with Crippen molar-refractivity contribution < 1.29 is 19.1 Å². The van der Waals surface area contributed by atoms with Crippen LogP contribution in [0.4, 0.5) is 0 Å². The fourth-order valence-corrected chi connectivity index (χ4v) is 4.84. The second kappa shape index (κ2) is 9.82. The number of esters is 2. The van der Waals surface area contributed by atoms with Gasteiger partial charge in [0.15, 0.2) is 0 Å². The zero-order valence-corrected chi connectivity index (χ0v) is 18.6. The molecule has 164 valence electrons. The third kappa shape index (κ3) is 4.31. The minimum Gasteiger partial charge on any atom is -0.465 e. The summed E-state index contributed by atoms with van der Waals surface area (Å²) < 4.78 is 10.4. The second-order valence-electron chi connectivity index (χ2n) is 8.28. The quantitative estimate of drug-likeness (QED) is 0.431. The van der Waals surface area contributed by atoms with Gasteiger partial charge in [0, 0.05) is 11.1 Å². The molecular formula is C28H28O4. The summed E-state index contributed by atoms with van der Waals surface area (Å²) in [5.74, 6) is -0.376. The highest BCUT2D eigenvalue weighted by molar-refractivity contribution is 6.11. The Kier molecular flexibility index (Phi) is 6.69. The molecule has 1 aliphatic rings. The van der Waals surface area contributed by atoms with Gasteiger partial charge in [-0.25, -0.2) is 9.59 Å². The van der Waals surface area contributed by atoms with E-state index in [0.29, 0.717) is 22.6 Å². The summed E-state index contributed by atoms with van der Waals surface area (Å²) in [6.07, 6.45) is 5.58. The van der Waals surface area contributed by atoms with Crippen LogP contribution in [0.25, 0.3) is 22.3 Å². The van der Waals surface area contributed by atoms with Gasteiger partial charge in [-0.1, -0.05) is 86.3 Å². The number of hydrogen-bond donors (Lipinski definition) is 0. The molecule has 4 nitrogen and oxygen atoms in total. The first-order valence-electron chi connectivity index (χ1n) is 11.1. The summed E-state index contributed by atoms with van der Waals surface area (Å²) in [6.45, 7) is 0. The Morgan fingerprint density at radius 3 is 1.84 bits per heavy atom. The van der Waals surface area contributed by atoms with Crippen molar-refractivity contribution in [2.75, 3.05) is 14.2 Å². The topological polar surface area (TPSA) is 52.6 Å². The lowest BCUT2D eigenvalue weighted by atomic mass is 9.82. The largest absolute Gasteiger partial charge is 0.465 e. The normalized spacial score (nSPS) is 13.7. The van der Waals surface area contributed by atoms with E-state index >= 15 is 0 Å². The predicted octanol–water partition coefficient (Wildman–Crippen LogP) is 6.33. The Balaban J connectivity index is 2.08. The summed E-state index contributed by atoms with van der Waals surface area (Å²) in [5.41, 5.74) is 4.91. The van der Waals surface area contributed by atoms with Crippen LogP contribution in [0.2, 0.25) is 0 Å². The minimum atomic E-state index is -0.457. The van der Waals surface area contributed by atoms with Gasteiger partial charge in [-0.2, -0.15) is 0 Å². The maximum Gasteiger partial charge on any atom is 0.339 e. The van der Waals surface area contributed by atoms with Crippen molar-refractivity contribution in [1.29, 1.82) is 0 Å². The van der Waals surface area contributed by atoms with Crippen LogP contribution in [-0.2, 0) is 15.9 Å². The molecule has 4 rings (SSSR count). The van der Waals surface area contributed by atoms with E-state index in [-0.39, 0.29) is 0 Å². The number of benzene rings is 3. The molecule has 0 atom stereocenters. The maximum atomic E-state index is 13.3. The zero-order valence-electron chi connectivity index (χ0n) is 18.6. The van der Waals surface area contributed by atoms with Crippen molar-refractivity contribution in [3.05, 3.63) is 83.4 Å². The molecule has 0 bridgehead atoms. The predicted molar refractivity (Wildman–Crippen MR) is 126 cm³/mol. The Labute approximate surface area is 189 Å². The fraction of sp³-hybridized carbons (Fsp3) is 0.286. The van der Waals surface area contributed by atoms with Gasteiger partial charge in [-0.05, 0) is 35.1 Å². The van der Waals surface area contributed by atoms with E-state index in [1.807, 2.05) is 66.7 Å². The molecule has 4 heteroatoms. The van der Waals surface area contributed by atoms with E-state index < -0.39 is 11.9 Å². The van der Waals surface area contributed by atoms with E-state index in [0.717, 1.165) is 41.5 Å². The van der Waals surface area contributed by atoms with Gasteiger partial charge in [-0.3, -0.25) is 0 Å². The zero-order chi connectivity index (χ0) is 22.5. The molecule has 0 N–H and O–H groups in total. The van der Waals surface area contributed by atoms with Crippen molar-refractivity contribution in [3.63, 3.8) is 0 Å². The van der Waals surface area contributed by atoms with E-state index in [1.54, 1.807) is 0 Å². The number of rotatable bonds is 6. The molecule has 0 radical (unpaired) electrons. The molecule has 1 saturated carbocycles. The van der Waals surface area contributed by atoms with Crippen LogP contribution < -0.4 is 0 Å². The molecule has 0 aliphatic heterocycles. The molecule has 1 fully saturated rings. The summed E-state index contributed by atoms with van der Waals surface area (Å²) in [6, 6.07) is 21.3. The van der Waals surface area contributed by atoms with Crippen LogP contribution in [0.1, 0.15) is 52.0 Å². The molecule has 3 aromatic rings. The van der Waals surface area contributed by atoms with Crippen molar-refractivity contribution in [1.82, 2.24) is 0 Å². The first kappa shape index (κ1) is 21.8. The van der Waals surface area contributed by atoms with Crippen molar-refractivity contribution in [2.24, 2.45) is 5.92 Å². The third-order valence-electron chi connectivity index (χ3n) is 6.31. The van der Waals surface area contributed by atoms with Crippen LogP contribution in [0.5, 0.6) is 0 Å². The van der Waals surface area contributed by atoms with Gasteiger partial charge in [0.05, 0.1) is 25.3 Å². The fourth-order valence-electron chi connectivity index (χ4n) is 4.84.